The Kier molecular flexibility index (Phi) is 5.37. The van der Waals surface area contributed by atoms with E-state index < -0.39 is 11.7 Å². The minimum atomic E-state index is -0.551. The molecule has 0 saturated carbocycles. The highest BCUT2D eigenvalue weighted by Gasteiger charge is 2.15. The summed E-state index contributed by atoms with van der Waals surface area (Å²) in [6, 6.07) is 2.99. The van der Waals surface area contributed by atoms with Crippen molar-refractivity contribution in [3.05, 3.63) is 29.1 Å². The second-order valence-corrected chi connectivity index (χ2v) is 5.23. The SMILES string of the molecule is CC(C)(C)OC(=O)NCCc1cc(C=O)cc(C=O)n1. The van der Waals surface area contributed by atoms with Crippen molar-refractivity contribution in [1.82, 2.24) is 10.3 Å². The van der Waals surface area contributed by atoms with E-state index in [1.165, 1.54) is 6.07 Å². The highest BCUT2D eigenvalue weighted by molar-refractivity contribution is 5.80. The van der Waals surface area contributed by atoms with Crippen molar-refractivity contribution in [1.29, 1.82) is 0 Å². The third-order valence-corrected chi connectivity index (χ3v) is 2.23. The van der Waals surface area contributed by atoms with Gasteiger partial charge in [-0.15, -0.1) is 0 Å². The second-order valence-electron chi connectivity index (χ2n) is 5.23. The van der Waals surface area contributed by atoms with Crippen LogP contribution in [-0.4, -0.2) is 35.8 Å². The molecule has 0 aliphatic rings. The number of rotatable bonds is 5. The highest BCUT2D eigenvalue weighted by atomic mass is 16.6. The molecule has 6 heteroatoms. The summed E-state index contributed by atoms with van der Waals surface area (Å²) < 4.78 is 5.08. The van der Waals surface area contributed by atoms with Gasteiger partial charge in [-0.1, -0.05) is 0 Å². The van der Waals surface area contributed by atoms with E-state index in [-0.39, 0.29) is 5.69 Å². The molecule has 0 spiro atoms. The van der Waals surface area contributed by atoms with Gasteiger partial charge in [0.25, 0.3) is 0 Å². The van der Waals surface area contributed by atoms with Crippen LogP contribution < -0.4 is 5.32 Å². The number of pyridine rings is 1. The van der Waals surface area contributed by atoms with Gasteiger partial charge in [0.05, 0.1) is 0 Å². The number of carbonyl (C=O) groups excluding carboxylic acids is 3. The van der Waals surface area contributed by atoms with Crippen LogP contribution in [0, 0.1) is 0 Å². The molecule has 0 aliphatic heterocycles. The number of ether oxygens (including phenoxy) is 1. The Bertz CT molecular complexity index is 480. The highest BCUT2D eigenvalue weighted by Crippen LogP contribution is 2.07. The van der Waals surface area contributed by atoms with E-state index in [1.54, 1.807) is 26.8 Å². The number of carbonyl (C=O) groups is 3. The summed E-state index contributed by atoms with van der Waals surface area (Å²) in [7, 11) is 0. The maximum absolute atomic E-state index is 11.4. The number of hydrogen-bond acceptors (Lipinski definition) is 5. The van der Waals surface area contributed by atoms with E-state index in [4.69, 9.17) is 4.74 Å². The lowest BCUT2D eigenvalue weighted by molar-refractivity contribution is 0.0528. The molecule has 1 aromatic heterocycles. The molecule has 1 heterocycles. The van der Waals surface area contributed by atoms with Gasteiger partial charge < -0.3 is 10.1 Å². The zero-order chi connectivity index (χ0) is 15.2. The molecule has 1 N–H and O–H groups in total. The number of hydrogen-bond donors (Lipinski definition) is 1. The topological polar surface area (TPSA) is 85.4 Å². The predicted molar refractivity (Wildman–Crippen MR) is 73.0 cm³/mol. The molecule has 0 aromatic carbocycles. The van der Waals surface area contributed by atoms with Gasteiger partial charge >= 0.3 is 6.09 Å². The lowest BCUT2D eigenvalue weighted by Crippen LogP contribution is -2.33. The molecule has 0 bridgehead atoms. The smallest absolute Gasteiger partial charge is 0.407 e. The molecule has 1 aromatic rings. The van der Waals surface area contributed by atoms with Gasteiger partial charge in [-0.2, -0.15) is 0 Å². The Hall–Kier alpha value is -2.24. The molecular weight excluding hydrogens is 260 g/mol. The molecular formula is C14H18N2O4. The van der Waals surface area contributed by atoms with Gasteiger partial charge in [0.1, 0.15) is 17.6 Å². The van der Waals surface area contributed by atoms with Crippen molar-refractivity contribution in [3.63, 3.8) is 0 Å². The summed E-state index contributed by atoms with van der Waals surface area (Å²) in [5.74, 6) is 0. The van der Waals surface area contributed by atoms with Crippen LogP contribution in [0.5, 0.6) is 0 Å². The molecule has 0 unspecified atom stereocenters. The minimum absolute atomic E-state index is 0.196. The molecule has 6 nitrogen and oxygen atoms in total. The number of aldehydes is 2. The Morgan fingerprint density at radius 1 is 1.30 bits per heavy atom. The third kappa shape index (κ3) is 5.60. The van der Waals surface area contributed by atoms with Crippen LogP contribution in [0.25, 0.3) is 0 Å². The summed E-state index contributed by atoms with van der Waals surface area (Å²) in [4.78, 5) is 36.9. The maximum Gasteiger partial charge on any atom is 0.407 e. The first-order chi connectivity index (χ1) is 9.34. The van der Waals surface area contributed by atoms with E-state index >= 15 is 0 Å². The molecule has 0 saturated heterocycles. The van der Waals surface area contributed by atoms with Crippen molar-refractivity contribution in [2.75, 3.05) is 6.54 Å². The minimum Gasteiger partial charge on any atom is -0.444 e. The van der Waals surface area contributed by atoms with Crippen LogP contribution in [0.1, 0.15) is 47.3 Å². The van der Waals surface area contributed by atoms with Gasteiger partial charge in [-0.05, 0) is 32.9 Å². The molecule has 108 valence electrons. The van der Waals surface area contributed by atoms with Gasteiger partial charge in [-0.3, -0.25) is 9.59 Å². The second kappa shape index (κ2) is 6.79. The standard InChI is InChI=1S/C14H18N2O4/c1-14(2,3)20-13(19)15-5-4-11-6-10(8-17)7-12(9-18)16-11/h6-9H,4-5H2,1-3H3,(H,15,19). The summed E-state index contributed by atoms with van der Waals surface area (Å²) in [6.45, 7) is 5.64. The molecule has 20 heavy (non-hydrogen) atoms. The lowest BCUT2D eigenvalue weighted by atomic mass is 10.2. The fourth-order valence-electron chi connectivity index (χ4n) is 1.50. The fourth-order valence-corrected chi connectivity index (χ4v) is 1.50. The van der Waals surface area contributed by atoms with E-state index in [9.17, 15) is 14.4 Å². The first-order valence-corrected chi connectivity index (χ1v) is 6.22. The fraction of sp³-hybridized carbons (Fsp3) is 0.429. The lowest BCUT2D eigenvalue weighted by Gasteiger charge is -2.19. The van der Waals surface area contributed by atoms with E-state index in [2.05, 4.69) is 10.3 Å². The summed E-state index contributed by atoms with van der Waals surface area (Å²) in [5, 5.41) is 2.58. The van der Waals surface area contributed by atoms with Gasteiger partial charge in [0.15, 0.2) is 6.29 Å². The molecule has 1 rings (SSSR count). The first kappa shape index (κ1) is 15.8. The summed E-state index contributed by atoms with van der Waals surface area (Å²) in [5.41, 5.74) is 0.591. The number of aromatic nitrogens is 1. The summed E-state index contributed by atoms with van der Waals surface area (Å²) in [6.07, 6.45) is 1.12. The third-order valence-electron chi connectivity index (χ3n) is 2.23. The molecule has 0 atom stereocenters. The summed E-state index contributed by atoms with van der Waals surface area (Å²) >= 11 is 0. The molecule has 0 fully saturated rings. The van der Waals surface area contributed by atoms with Crippen molar-refractivity contribution >= 4 is 18.7 Å². The molecule has 0 aliphatic carbocycles. The van der Waals surface area contributed by atoms with Crippen molar-refractivity contribution in [3.8, 4) is 0 Å². The quantitative estimate of drug-likeness (QED) is 0.830. The Balaban J connectivity index is 2.55. The van der Waals surface area contributed by atoms with Crippen LogP contribution in [0.4, 0.5) is 4.79 Å². The van der Waals surface area contributed by atoms with Crippen LogP contribution in [0.15, 0.2) is 12.1 Å². The number of alkyl carbamates (subject to hydrolysis) is 1. The van der Waals surface area contributed by atoms with Crippen molar-refractivity contribution < 1.29 is 19.1 Å². The average Bonchev–Trinajstić information content (AvgIpc) is 2.36. The van der Waals surface area contributed by atoms with E-state index in [1.807, 2.05) is 0 Å². The zero-order valence-electron chi connectivity index (χ0n) is 11.8. The van der Waals surface area contributed by atoms with Gasteiger partial charge in [0.2, 0.25) is 0 Å². The predicted octanol–water partition coefficient (Wildman–Crippen LogP) is 1.77. The van der Waals surface area contributed by atoms with Gasteiger partial charge in [-0.25, -0.2) is 9.78 Å². The molecule has 0 radical (unpaired) electrons. The largest absolute Gasteiger partial charge is 0.444 e. The van der Waals surface area contributed by atoms with E-state index in [0.717, 1.165) is 0 Å². The molecule has 1 amide bonds. The Morgan fingerprint density at radius 2 is 2.00 bits per heavy atom. The normalized spacial score (nSPS) is 10.8. The van der Waals surface area contributed by atoms with Crippen LogP contribution in [0.2, 0.25) is 0 Å². The first-order valence-electron chi connectivity index (χ1n) is 6.22. The average molecular weight is 278 g/mol. The monoisotopic (exact) mass is 278 g/mol. The Morgan fingerprint density at radius 3 is 2.55 bits per heavy atom. The van der Waals surface area contributed by atoms with Gasteiger partial charge in [0, 0.05) is 24.2 Å². The number of nitrogens with zero attached hydrogens (tertiary/aromatic N) is 1. The zero-order valence-corrected chi connectivity index (χ0v) is 11.8. The van der Waals surface area contributed by atoms with Crippen LogP contribution in [0.3, 0.4) is 0 Å². The van der Waals surface area contributed by atoms with Crippen molar-refractivity contribution in [2.45, 2.75) is 32.8 Å². The van der Waals surface area contributed by atoms with Crippen molar-refractivity contribution in [2.24, 2.45) is 0 Å². The number of nitrogens with one attached hydrogen (secondary N) is 1. The number of amides is 1. The van der Waals surface area contributed by atoms with Crippen LogP contribution >= 0.6 is 0 Å². The van der Waals surface area contributed by atoms with Crippen LogP contribution in [-0.2, 0) is 11.2 Å². The Labute approximate surface area is 117 Å². The maximum atomic E-state index is 11.4. The van der Waals surface area contributed by atoms with E-state index in [0.29, 0.717) is 36.8 Å².